The Labute approximate surface area is 402 Å². The van der Waals surface area contributed by atoms with Crippen LogP contribution < -0.4 is 15.2 Å². The van der Waals surface area contributed by atoms with Crippen molar-refractivity contribution in [1.29, 1.82) is 10.5 Å². The lowest BCUT2D eigenvalue weighted by Crippen LogP contribution is -2.47. The number of nitrogens with zero attached hydrogens (tertiary/aromatic N) is 5. The zero-order chi connectivity index (χ0) is 46.9. The van der Waals surface area contributed by atoms with Gasteiger partial charge in [0.05, 0.1) is 87.7 Å². The lowest BCUT2D eigenvalue weighted by Gasteiger charge is -2.45. The molecule has 0 atom stereocenters. The molecule has 0 saturated carbocycles. The van der Waals surface area contributed by atoms with Crippen LogP contribution in [0, 0.1) is 28.6 Å². The number of Topliss-reactive ketones (excluding diaryl/α,β-unsaturated/α-hetero) is 1. The summed E-state index contributed by atoms with van der Waals surface area (Å²) in [6.45, 7) is 16.8. The summed E-state index contributed by atoms with van der Waals surface area (Å²) in [6.07, 6.45) is 5.62. The highest BCUT2D eigenvalue weighted by Crippen LogP contribution is 2.44. The number of rotatable bonds is 9. The number of ether oxygens (including phenoxy) is 4. The van der Waals surface area contributed by atoms with Crippen molar-refractivity contribution < 1.29 is 23.7 Å². The molecule has 0 unspecified atom stereocenters. The van der Waals surface area contributed by atoms with Gasteiger partial charge in [-0.3, -0.25) is 9.36 Å². The first-order valence-electron chi connectivity index (χ1n) is 21.4. The lowest BCUT2D eigenvalue weighted by molar-refractivity contribution is -0.176. The van der Waals surface area contributed by atoms with Gasteiger partial charge in [-0.2, -0.15) is 10.5 Å². The van der Waals surface area contributed by atoms with Crippen LogP contribution >= 0.6 is 15.9 Å². The van der Waals surface area contributed by atoms with E-state index in [4.69, 9.17) is 34.9 Å². The van der Waals surface area contributed by atoms with Gasteiger partial charge in [0.2, 0.25) is 0 Å². The Bertz CT molecular complexity index is 2460. The Morgan fingerprint density at radius 3 is 1.71 bits per heavy atom. The van der Waals surface area contributed by atoms with E-state index in [1.54, 1.807) is 38.5 Å². The molecule has 0 amide bonds. The molecule has 2 aliphatic rings. The van der Waals surface area contributed by atoms with Crippen molar-refractivity contribution in [2.45, 2.75) is 124 Å². The summed E-state index contributed by atoms with van der Waals surface area (Å²) < 4.78 is 25.2. The molecule has 0 spiro atoms. The van der Waals surface area contributed by atoms with Gasteiger partial charge < -0.3 is 24.7 Å². The Morgan fingerprint density at radius 2 is 1.21 bits per heavy atom. The average Bonchev–Trinajstić information content (AvgIpc) is 3.70. The topological polar surface area (TPSA) is 158 Å². The number of hydrogen-bond acceptors (Lipinski definition) is 9. The van der Waals surface area contributed by atoms with Gasteiger partial charge in [-0.05, 0) is 154 Å². The van der Waals surface area contributed by atoms with Crippen molar-refractivity contribution >= 4 is 33.2 Å². The first-order chi connectivity index (χ1) is 30.2. The number of methoxy groups -OCH3 is 2. The third-order valence-corrected chi connectivity index (χ3v) is 11.6. The summed E-state index contributed by atoms with van der Waals surface area (Å²) in [4.78, 5) is 21.1. The maximum absolute atomic E-state index is 11.6. The van der Waals surface area contributed by atoms with Gasteiger partial charge in [-0.1, -0.05) is 55.0 Å². The number of carbonyl (C=O) groups is 1. The van der Waals surface area contributed by atoms with Gasteiger partial charge in [0.15, 0.2) is 0 Å². The van der Waals surface area contributed by atoms with Crippen LogP contribution in [0.5, 0.6) is 11.5 Å². The van der Waals surface area contributed by atoms with E-state index in [1.807, 2.05) is 72.8 Å². The fourth-order valence-electron chi connectivity index (χ4n) is 8.90. The molecular formula is C54H69BrN6O5. The van der Waals surface area contributed by atoms with Gasteiger partial charge in [-0.15, -0.1) is 0 Å². The molecule has 2 aliphatic heterocycles. The SMILES string of the molecule is C.C.CC1(C)CC(C(=O)CBr)CC(C)(C)O1.COc1ccccc1-c1nc(C2CC(C)(C)OC(C)(C)C2)cn1-c1ccc(C#N)cc1.COc1ccccc1C(N)=Nc1ccc(C#N)cc1. The highest BCUT2D eigenvalue weighted by molar-refractivity contribution is 9.09. The third-order valence-electron chi connectivity index (χ3n) is 11.0. The third kappa shape index (κ3) is 14.6. The van der Waals surface area contributed by atoms with Crippen LogP contribution in [-0.2, 0) is 14.3 Å². The van der Waals surface area contributed by atoms with Crippen LogP contribution in [0.15, 0.2) is 108 Å². The number of nitriles is 2. The Hall–Kier alpha value is -5.79. The summed E-state index contributed by atoms with van der Waals surface area (Å²) in [7, 11) is 3.27. The highest BCUT2D eigenvalue weighted by Gasteiger charge is 2.42. The number of ketones is 1. The Kier molecular flexibility index (Phi) is 19.1. The van der Waals surface area contributed by atoms with Gasteiger partial charge in [0.25, 0.3) is 0 Å². The normalized spacial score (nSPS) is 17.0. The Balaban J connectivity index is 0.000000283. The molecule has 352 valence electrons. The fourth-order valence-corrected chi connectivity index (χ4v) is 9.36. The number of hydrogen-bond donors (Lipinski definition) is 1. The maximum atomic E-state index is 11.6. The van der Waals surface area contributed by atoms with Crippen molar-refractivity contribution in [3.8, 4) is 40.7 Å². The molecular weight excluding hydrogens is 893 g/mol. The number of imidazole rings is 1. The maximum Gasteiger partial charge on any atom is 0.148 e. The predicted octanol–water partition coefficient (Wildman–Crippen LogP) is 12.7. The van der Waals surface area contributed by atoms with E-state index in [9.17, 15) is 10.1 Å². The molecule has 0 bridgehead atoms. The Morgan fingerprint density at radius 1 is 0.742 bits per heavy atom. The van der Waals surface area contributed by atoms with Gasteiger partial charge in [-0.25, -0.2) is 9.98 Å². The van der Waals surface area contributed by atoms with E-state index in [0.717, 1.165) is 59.8 Å². The lowest BCUT2D eigenvalue weighted by atomic mass is 9.79. The number of aromatic nitrogens is 2. The van der Waals surface area contributed by atoms with Gasteiger partial charge in [0, 0.05) is 23.7 Å². The quantitative estimate of drug-likeness (QED) is 0.0862. The second kappa shape index (κ2) is 23.1. The van der Waals surface area contributed by atoms with Crippen molar-refractivity contribution in [2.24, 2.45) is 16.6 Å². The zero-order valence-corrected chi connectivity index (χ0v) is 40.3. The second-order valence-electron chi connectivity index (χ2n) is 18.6. The molecule has 2 N–H and O–H groups in total. The number of alkyl halides is 1. The molecule has 12 heteroatoms. The minimum atomic E-state index is -0.213. The minimum absolute atomic E-state index is 0. The fraction of sp³-hybridized carbons (Fsp3) is 0.426. The van der Waals surface area contributed by atoms with Crippen LogP contribution in [0.3, 0.4) is 0 Å². The molecule has 0 radical (unpaired) electrons. The van der Waals surface area contributed by atoms with Crippen LogP contribution in [0.4, 0.5) is 5.69 Å². The number of halogens is 1. The van der Waals surface area contributed by atoms with Gasteiger partial charge >= 0.3 is 0 Å². The number of carbonyl (C=O) groups excluding carboxylic acids is 1. The molecule has 0 aliphatic carbocycles. The van der Waals surface area contributed by atoms with E-state index >= 15 is 0 Å². The van der Waals surface area contributed by atoms with Crippen molar-refractivity contribution in [1.82, 2.24) is 9.55 Å². The molecule has 66 heavy (non-hydrogen) atoms. The zero-order valence-electron chi connectivity index (χ0n) is 38.7. The number of aliphatic imine (C=N–C) groups is 1. The van der Waals surface area contributed by atoms with Crippen molar-refractivity contribution in [3.63, 3.8) is 0 Å². The van der Waals surface area contributed by atoms with Gasteiger partial charge in [0.1, 0.15) is 28.9 Å². The molecule has 3 heterocycles. The van der Waals surface area contributed by atoms with Crippen LogP contribution in [0.25, 0.3) is 17.1 Å². The van der Waals surface area contributed by atoms with Crippen molar-refractivity contribution in [2.75, 3.05) is 19.5 Å². The number of nitrogens with two attached hydrogens (primary N) is 1. The molecule has 7 rings (SSSR count). The number of para-hydroxylation sites is 2. The van der Waals surface area contributed by atoms with Crippen molar-refractivity contribution in [3.05, 3.63) is 126 Å². The molecule has 1 aromatic heterocycles. The molecule has 2 fully saturated rings. The number of amidine groups is 1. The number of benzene rings is 4. The summed E-state index contributed by atoms with van der Waals surface area (Å²) in [5.41, 5.74) is 10.8. The van der Waals surface area contributed by atoms with E-state index in [-0.39, 0.29) is 49.1 Å². The van der Waals surface area contributed by atoms with E-state index < -0.39 is 0 Å². The summed E-state index contributed by atoms with van der Waals surface area (Å²) in [5, 5.41) is 18.4. The summed E-state index contributed by atoms with van der Waals surface area (Å²) in [5.74, 6) is 3.40. The first-order valence-corrected chi connectivity index (χ1v) is 22.5. The monoisotopic (exact) mass is 960 g/mol. The molecule has 4 aromatic carbocycles. The smallest absolute Gasteiger partial charge is 0.148 e. The molecule has 11 nitrogen and oxygen atoms in total. The van der Waals surface area contributed by atoms with Crippen LogP contribution in [-0.4, -0.2) is 63.1 Å². The molecule has 5 aromatic rings. The van der Waals surface area contributed by atoms with E-state index in [0.29, 0.717) is 39.5 Å². The first kappa shape index (κ1) is 54.5. The largest absolute Gasteiger partial charge is 0.496 e. The van der Waals surface area contributed by atoms with E-state index in [1.165, 1.54) is 0 Å². The molecule has 2 saturated heterocycles. The van der Waals surface area contributed by atoms with E-state index in [2.05, 4.69) is 99.2 Å². The predicted molar refractivity (Wildman–Crippen MR) is 270 cm³/mol. The summed E-state index contributed by atoms with van der Waals surface area (Å²) in [6, 6.07) is 34.1. The average molecular weight is 962 g/mol. The standard InChI is InChI=1S/C26H29N3O2.C15H13N3O.C11H19BrO2.2CH4/c1-25(2)14-19(15-26(3,4)31-25)22-17-29(20-12-10-18(16-27)11-13-20)24(28-22)21-8-6-7-9-23(21)30-5;1-19-14-5-3-2-4-13(14)15(17)18-12-8-6-11(10-16)7-9-12;1-10(2)5-8(9(13)7-12)6-11(3,4)14-10;;/h6-13,17,19H,14-15H2,1-5H3;2-9H,1H3,(H2,17,18);8H,5-7H2,1-4H3;2*1H4. The van der Waals surface area contributed by atoms with Crippen LogP contribution in [0.1, 0.15) is 124 Å². The summed E-state index contributed by atoms with van der Waals surface area (Å²) >= 11 is 3.24. The second-order valence-corrected chi connectivity index (χ2v) is 19.2. The van der Waals surface area contributed by atoms with Crippen LogP contribution in [0.2, 0.25) is 0 Å². The minimum Gasteiger partial charge on any atom is -0.496 e. The highest BCUT2D eigenvalue weighted by atomic mass is 79.9.